The Kier molecular flexibility index (Phi) is 5.67. The minimum atomic E-state index is -0.258. The van der Waals surface area contributed by atoms with Crippen LogP contribution in [0, 0.1) is 13.8 Å². The number of carbonyl (C=O) groups is 2. The van der Waals surface area contributed by atoms with Gasteiger partial charge in [0.2, 0.25) is 0 Å². The molecule has 0 aliphatic carbocycles. The van der Waals surface area contributed by atoms with Crippen molar-refractivity contribution in [3.05, 3.63) is 46.5 Å². The van der Waals surface area contributed by atoms with Gasteiger partial charge < -0.3 is 19.9 Å². The number of nitrogens with one attached hydrogen (secondary N) is 2. The van der Waals surface area contributed by atoms with E-state index >= 15 is 0 Å². The van der Waals surface area contributed by atoms with Crippen molar-refractivity contribution in [3.8, 4) is 0 Å². The Hall–Kier alpha value is -2.67. The number of nitrogens with zero attached hydrogens (tertiary/aromatic N) is 2. The summed E-state index contributed by atoms with van der Waals surface area (Å²) in [6.07, 6.45) is 4.79. The second-order valence-electron chi connectivity index (χ2n) is 7.91. The van der Waals surface area contributed by atoms with Crippen LogP contribution in [0.1, 0.15) is 63.6 Å². The van der Waals surface area contributed by atoms with Crippen molar-refractivity contribution in [1.29, 1.82) is 0 Å². The molecule has 2 aliphatic heterocycles. The maximum absolute atomic E-state index is 13.1. The third-order valence-corrected chi connectivity index (χ3v) is 5.77. The third kappa shape index (κ3) is 4.05. The predicted molar refractivity (Wildman–Crippen MR) is 110 cm³/mol. The summed E-state index contributed by atoms with van der Waals surface area (Å²) in [5, 5.41) is 5.94. The minimum Gasteiger partial charge on any atom is -0.376 e. The Labute approximate surface area is 170 Å². The van der Waals surface area contributed by atoms with Crippen molar-refractivity contribution in [2.75, 3.05) is 18.5 Å². The monoisotopic (exact) mass is 396 g/mol. The average molecular weight is 396 g/mol. The Morgan fingerprint density at radius 3 is 2.69 bits per heavy atom. The second-order valence-corrected chi connectivity index (χ2v) is 7.91. The summed E-state index contributed by atoms with van der Waals surface area (Å²) in [6, 6.07) is 5.90. The molecule has 1 saturated heterocycles. The molecule has 1 aromatic heterocycles. The van der Waals surface area contributed by atoms with Gasteiger partial charge in [0.05, 0.1) is 11.8 Å². The molecule has 7 nitrogen and oxygen atoms in total. The number of para-hydroxylation sites is 1. The molecule has 1 aromatic carbocycles. The van der Waals surface area contributed by atoms with Crippen molar-refractivity contribution in [2.45, 2.75) is 58.6 Å². The molecule has 4 rings (SSSR count). The van der Waals surface area contributed by atoms with E-state index in [4.69, 9.17) is 4.74 Å². The number of imidazole rings is 1. The molecule has 2 N–H and O–H groups in total. The van der Waals surface area contributed by atoms with Gasteiger partial charge in [0.15, 0.2) is 11.5 Å². The van der Waals surface area contributed by atoms with Gasteiger partial charge in [0.1, 0.15) is 0 Å². The number of amides is 2. The maximum Gasteiger partial charge on any atom is 0.287 e. The lowest BCUT2D eigenvalue weighted by Gasteiger charge is -2.17. The Balaban J connectivity index is 1.57. The van der Waals surface area contributed by atoms with Crippen LogP contribution in [0.3, 0.4) is 0 Å². The normalized spacial score (nSPS) is 18.3. The summed E-state index contributed by atoms with van der Waals surface area (Å²) in [6.45, 7) is 5.87. The van der Waals surface area contributed by atoms with Crippen molar-refractivity contribution in [3.63, 3.8) is 0 Å². The first-order valence-corrected chi connectivity index (χ1v) is 10.4. The average Bonchev–Trinajstić information content (AvgIpc) is 3.37. The van der Waals surface area contributed by atoms with E-state index < -0.39 is 0 Å². The highest BCUT2D eigenvalue weighted by Crippen LogP contribution is 2.24. The van der Waals surface area contributed by atoms with E-state index in [1.165, 1.54) is 0 Å². The predicted octanol–water partition coefficient (Wildman–Crippen LogP) is 3.00. The number of rotatable bonds is 5. The van der Waals surface area contributed by atoms with Gasteiger partial charge in [-0.15, -0.1) is 0 Å². The Morgan fingerprint density at radius 2 is 1.97 bits per heavy atom. The molecule has 0 bridgehead atoms. The number of aromatic nitrogens is 2. The summed E-state index contributed by atoms with van der Waals surface area (Å²) < 4.78 is 7.49. The number of aryl methyl sites for hydroxylation is 2. The molecule has 2 aromatic rings. The van der Waals surface area contributed by atoms with Crippen LogP contribution in [0.25, 0.3) is 0 Å². The minimum absolute atomic E-state index is 0.0709. The topological polar surface area (TPSA) is 85.2 Å². The van der Waals surface area contributed by atoms with Crippen molar-refractivity contribution in [2.24, 2.45) is 0 Å². The zero-order valence-corrected chi connectivity index (χ0v) is 17.1. The van der Waals surface area contributed by atoms with E-state index in [1.807, 2.05) is 36.6 Å². The molecular formula is C22H28N4O3. The fourth-order valence-electron chi connectivity index (χ4n) is 4.17. The van der Waals surface area contributed by atoms with E-state index in [9.17, 15) is 9.59 Å². The summed E-state index contributed by atoms with van der Waals surface area (Å²) in [5.74, 6) is -0.176. The van der Waals surface area contributed by atoms with Crippen LogP contribution in [0.4, 0.5) is 5.69 Å². The van der Waals surface area contributed by atoms with Crippen LogP contribution in [-0.4, -0.2) is 40.6 Å². The quantitative estimate of drug-likeness (QED) is 0.814. The Morgan fingerprint density at radius 1 is 1.17 bits per heavy atom. The molecule has 1 atom stereocenters. The third-order valence-electron chi connectivity index (χ3n) is 5.77. The Bertz CT molecular complexity index is 908. The molecule has 3 heterocycles. The molecule has 0 radical (unpaired) electrons. The first-order valence-electron chi connectivity index (χ1n) is 10.4. The molecule has 0 saturated carbocycles. The molecule has 0 spiro atoms. The van der Waals surface area contributed by atoms with Crippen molar-refractivity contribution < 1.29 is 14.3 Å². The summed E-state index contributed by atoms with van der Waals surface area (Å²) in [4.78, 5) is 30.3. The van der Waals surface area contributed by atoms with Crippen molar-refractivity contribution in [1.82, 2.24) is 14.9 Å². The van der Waals surface area contributed by atoms with Crippen LogP contribution in [0.5, 0.6) is 0 Å². The largest absolute Gasteiger partial charge is 0.376 e. The van der Waals surface area contributed by atoms with Gasteiger partial charge in [-0.25, -0.2) is 4.98 Å². The van der Waals surface area contributed by atoms with E-state index in [0.717, 1.165) is 61.2 Å². The zero-order chi connectivity index (χ0) is 20.4. The first kappa shape index (κ1) is 19.6. The molecule has 2 amide bonds. The number of benzene rings is 1. The summed E-state index contributed by atoms with van der Waals surface area (Å²) in [5.41, 5.74) is 4.01. The van der Waals surface area contributed by atoms with Crippen LogP contribution in [0.15, 0.2) is 18.2 Å². The molecule has 29 heavy (non-hydrogen) atoms. The number of fused-ring (bicyclic) bond motifs is 1. The van der Waals surface area contributed by atoms with Crippen LogP contribution < -0.4 is 10.6 Å². The van der Waals surface area contributed by atoms with E-state index in [0.29, 0.717) is 24.6 Å². The molecule has 2 aliphatic rings. The zero-order valence-electron chi connectivity index (χ0n) is 17.1. The first-order chi connectivity index (χ1) is 14.0. The fourth-order valence-corrected chi connectivity index (χ4v) is 4.17. The summed E-state index contributed by atoms with van der Waals surface area (Å²) >= 11 is 0. The molecule has 1 fully saturated rings. The van der Waals surface area contributed by atoms with Crippen LogP contribution in [-0.2, 0) is 17.7 Å². The molecule has 154 valence electrons. The lowest BCUT2D eigenvalue weighted by atomic mass is 10.1. The smallest absolute Gasteiger partial charge is 0.287 e. The molecule has 7 heteroatoms. The maximum atomic E-state index is 13.1. The summed E-state index contributed by atoms with van der Waals surface area (Å²) in [7, 11) is 0. The van der Waals surface area contributed by atoms with Gasteiger partial charge in [0, 0.05) is 25.4 Å². The lowest BCUT2D eigenvalue weighted by Crippen LogP contribution is -2.34. The second kappa shape index (κ2) is 8.37. The lowest BCUT2D eigenvalue weighted by molar-refractivity contribution is 0.0845. The highest BCUT2D eigenvalue weighted by atomic mass is 16.5. The van der Waals surface area contributed by atoms with Crippen LogP contribution >= 0.6 is 0 Å². The van der Waals surface area contributed by atoms with Gasteiger partial charge in [-0.05, 0) is 57.1 Å². The standard InChI is InChI=1S/C22H28N4O3/c1-14-7-5-8-15(2)18(14)25-21(27)19-17-10-3-4-11-26(17)20(24-19)22(28)23-13-16-9-6-12-29-16/h5,7-8,16H,3-4,6,9-13H2,1-2H3,(H,23,28)(H,25,27). The van der Waals surface area contributed by atoms with Gasteiger partial charge in [-0.3, -0.25) is 9.59 Å². The highest BCUT2D eigenvalue weighted by Gasteiger charge is 2.28. The van der Waals surface area contributed by atoms with E-state index in [1.54, 1.807) is 0 Å². The fraction of sp³-hybridized carbons (Fsp3) is 0.500. The number of hydrogen-bond acceptors (Lipinski definition) is 4. The highest BCUT2D eigenvalue weighted by molar-refractivity contribution is 6.05. The SMILES string of the molecule is Cc1cccc(C)c1NC(=O)c1nc(C(=O)NCC2CCCO2)n2c1CCCC2. The van der Waals surface area contributed by atoms with Crippen molar-refractivity contribution >= 4 is 17.5 Å². The van der Waals surface area contributed by atoms with E-state index in [-0.39, 0.29) is 17.9 Å². The van der Waals surface area contributed by atoms with E-state index in [2.05, 4.69) is 15.6 Å². The van der Waals surface area contributed by atoms with Crippen LogP contribution in [0.2, 0.25) is 0 Å². The number of anilines is 1. The molecule has 1 unspecified atom stereocenters. The van der Waals surface area contributed by atoms with Gasteiger partial charge in [-0.2, -0.15) is 0 Å². The molecular weight excluding hydrogens is 368 g/mol. The number of carbonyl (C=O) groups excluding carboxylic acids is 2. The number of hydrogen-bond donors (Lipinski definition) is 2. The van der Waals surface area contributed by atoms with Gasteiger partial charge in [-0.1, -0.05) is 18.2 Å². The van der Waals surface area contributed by atoms with Gasteiger partial charge >= 0.3 is 0 Å². The van der Waals surface area contributed by atoms with Gasteiger partial charge in [0.25, 0.3) is 11.8 Å². The number of ether oxygens (including phenoxy) is 1.